The Hall–Kier alpha value is -3.86. The fourth-order valence-corrected chi connectivity index (χ4v) is 3.94. The smallest absolute Gasteiger partial charge is 0.294 e. The molecule has 0 unspecified atom stereocenters. The van der Waals surface area contributed by atoms with Crippen LogP contribution >= 0.6 is 11.8 Å². The monoisotopic (exact) mass is 458 g/mol. The van der Waals surface area contributed by atoms with Crippen molar-refractivity contribution in [3.8, 4) is 28.7 Å². The number of methoxy groups -OCH3 is 2. The number of carbonyl (C=O) groups excluding carboxylic acids is 3. The van der Waals surface area contributed by atoms with Gasteiger partial charge in [0.25, 0.3) is 11.1 Å². The van der Waals surface area contributed by atoms with Crippen LogP contribution in [0.5, 0.6) is 28.7 Å². The molecule has 2 aromatic rings. The molecule has 4 rings (SSSR count). The maximum Gasteiger partial charge on any atom is 0.294 e. The van der Waals surface area contributed by atoms with Gasteiger partial charge in [0, 0.05) is 11.8 Å². The Morgan fingerprint density at radius 3 is 2.53 bits per heavy atom. The zero-order chi connectivity index (χ0) is 22.8. The first-order valence-electron chi connectivity index (χ1n) is 9.29. The average Bonchev–Trinajstić information content (AvgIpc) is 3.34. The average molecular weight is 458 g/mol. The number of hydrogen-bond donors (Lipinski definition) is 2. The Labute approximate surface area is 186 Å². The minimum atomic E-state index is -0.605. The Kier molecular flexibility index (Phi) is 5.82. The highest BCUT2D eigenvalue weighted by molar-refractivity contribution is 8.18. The van der Waals surface area contributed by atoms with Gasteiger partial charge in [0.05, 0.1) is 19.1 Å². The molecule has 0 atom stereocenters. The molecular formula is C21H18N2O8S. The number of phenols is 1. The normalized spacial score (nSPS) is 15.9. The molecule has 32 heavy (non-hydrogen) atoms. The van der Waals surface area contributed by atoms with Gasteiger partial charge in [-0.25, -0.2) is 0 Å². The number of rotatable bonds is 6. The molecular weight excluding hydrogens is 440 g/mol. The van der Waals surface area contributed by atoms with Crippen LogP contribution in [-0.2, 0) is 9.59 Å². The van der Waals surface area contributed by atoms with Crippen LogP contribution in [0.1, 0.15) is 5.56 Å². The Morgan fingerprint density at radius 1 is 1.16 bits per heavy atom. The number of aromatic hydroxyl groups is 1. The Bertz CT molecular complexity index is 1120. The van der Waals surface area contributed by atoms with E-state index in [1.807, 2.05) is 0 Å². The highest BCUT2D eigenvalue weighted by atomic mass is 32.2. The largest absolute Gasteiger partial charge is 0.502 e. The molecule has 0 spiro atoms. The molecule has 10 nitrogen and oxygen atoms in total. The molecule has 1 saturated heterocycles. The van der Waals surface area contributed by atoms with E-state index in [-0.39, 0.29) is 28.9 Å². The van der Waals surface area contributed by atoms with Crippen molar-refractivity contribution in [2.75, 3.05) is 32.9 Å². The molecule has 166 valence electrons. The summed E-state index contributed by atoms with van der Waals surface area (Å²) in [6, 6.07) is 7.88. The summed E-state index contributed by atoms with van der Waals surface area (Å²) in [7, 11) is 2.76. The summed E-state index contributed by atoms with van der Waals surface area (Å²) in [4.78, 5) is 38.5. The van der Waals surface area contributed by atoms with Gasteiger partial charge in [-0.05, 0) is 47.7 Å². The minimum absolute atomic E-state index is 0.106. The lowest BCUT2D eigenvalue weighted by atomic mass is 10.1. The molecule has 2 heterocycles. The third-order valence-electron chi connectivity index (χ3n) is 4.63. The van der Waals surface area contributed by atoms with E-state index >= 15 is 0 Å². The SMILES string of the molecule is COc1cc(C=C2SC(=O)N(CC(=O)Nc3ccc4c(c3)OCO4)C2=O)cc(OC)c1O. The van der Waals surface area contributed by atoms with Crippen molar-refractivity contribution in [3.63, 3.8) is 0 Å². The molecule has 11 heteroatoms. The summed E-state index contributed by atoms with van der Waals surface area (Å²) in [5, 5.41) is 12.1. The first-order valence-corrected chi connectivity index (χ1v) is 10.1. The molecule has 2 aromatic carbocycles. The number of ether oxygens (including phenoxy) is 4. The molecule has 2 aliphatic rings. The number of hydrogen-bond acceptors (Lipinski definition) is 9. The quantitative estimate of drug-likeness (QED) is 0.629. The third kappa shape index (κ3) is 4.14. The molecule has 3 amide bonds. The molecule has 0 saturated carbocycles. The van der Waals surface area contributed by atoms with Gasteiger partial charge in [0.1, 0.15) is 6.54 Å². The van der Waals surface area contributed by atoms with Gasteiger partial charge < -0.3 is 29.4 Å². The second-order valence-electron chi connectivity index (χ2n) is 6.66. The summed E-state index contributed by atoms with van der Waals surface area (Å²) >= 11 is 0.710. The third-order valence-corrected chi connectivity index (χ3v) is 5.54. The van der Waals surface area contributed by atoms with Gasteiger partial charge in [-0.3, -0.25) is 19.3 Å². The van der Waals surface area contributed by atoms with Crippen LogP contribution in [0.15, 0.2) is 35.2 Å². The molecule has 2 N–H and O–H groups in total. The first-order chi connectivity index (χ1) is 15.4. The number of thioether (sulfide) groups is 1. The molecule has 1 fully saturated rings. The van der Waals surface area contributed by atoms with Crippen LogP contribution < -0.4 is 24.3 Å². The highest BCUT2D eigenvalue weighted by Crippen LogP contribution is 2.39. The van der Waals surface area contributed by atoms with Gasteiger partial charge in [-0.2, -0.15) is 0 Å². The van der Waals surface area contributed by atoms with Crippen molar-refractivity contribution >= 4 is 40.6 Å². The fourth-order valence-electron chi connectivity index (χ4n) is 3.10. The van der Waals surface area contributed by atoms with Gasteiger partial charge in [0.15, 0.2) is 23.0 Å². The second kappa shape index (κ2) is 8.71. The van der Waals surface area contributed by atoms with Crippen LogP contribution in [0.4, 0.5) is 10.5 Å². The van der Waals surface area contributed by atoms with Crippen molar-refractivity contribution in [2.24, 2.45) is 0 Å². The highest BCUT2D eigenvalue weighted by Gasteiger charge is 2.36. The summed E-state index contributed by atoms with van der Waals surface area (Å²) in [6.45, 7) is -0.340. The van der Waals surface area contributed by atoms with Gasteiger partial charge in [-0.15, -0.1) is 0 Å². The summed E-state index contributed by atoms with van der Waals surface area (Å²) < 4.78 is 20.7. The van der Waals surface area contributed by atoms with Crippen molar-refractivity contribution < 1.29 is 38.4 Å². The first kappa shape index (κ1) is 21.4. The van der Waals surface area contributed by atoms with E-state index in [9.17, 15) is 19.5 Å². The number of nitrogens with zero attached hydrogens (tertiary/aromatic N) is 1. The van der Waals surface area contributed by atoms with E-state index in [1.165, 1.54) is 32.4 Å². The molecule has 0 aliphatic carbocycles. The maximum absolute atomic E-state index is 12.7. The summed E-state index contributed by atoms with van der Waals surface area (Å²) in [6.07, 6.45) is 1.46. The van der Waals surface area contributed by atoms with Gasteiger partial charge in [0.2, 0.25) is 18.4 Å². The maximum atomic E-state index is 12.7. The zero-order valence-electron chi connectivity index (χ0n) is 17.0. The molecule has 0 radical (unpaired) electrons. The van der Waals surface area contributed by atoms with E-state index in [0.29, 0.717) is 34.5 Å². The number of carbonyl (C=O) groups is 3. The predicted molar refractivity (Wildman–Crippen MR) is 115 cm³/mol. The number of fused-ring (bicyclic) bond motifs is 1. The lowest BCUT2D eigenvalue weighted by Crippen LogP contribution is -2.36. The molecule has 2 aliphatic heterocycles. The van der Waals surface area contributed by atoms with Crippen molar-refractivity contribution in [1.29, 1.82) is 0 Å². The van der Waals surface area contributed by atoms with Crippen LogP contribution in [0.25, 0.3) is 6.08 Å². The van der Waals surface area contributed by atoms with E-state index in [1.54, 1.807) is 18.2 Å². The Balaban J connectivity index is 1.47. The lowest BCUT2D eigenvalue weighted by Gasteiger charge is -2.12. The van der Waals surface area contributed by atoms with Gasteiger partial charge in [-0.1, -0.05) is 0 Å². The number of amides is 3. The molecule has 0 aromatic heterocycles. The van der Waals surface area contributed by atoms with E-state index in [4.69, 9.17) is 18.9 Å². The number of nitrogens with one attached hydrogen (secondary N) is 1. The number of imide groups is 1. The van der Waals surface area contributed by atoms with E-state index in [0.717, 1.165) is 4.90 Å². The summed E-state index contributed by atoms with van der Waals surface area (Å²) in [5.41, 5.74) is 0.928. The summed E-state index contributed by atoms with van der Waals surface area (Å²) in [5.74, 6) is 0.0433. The zero-order valence-corrected chi connectivity index (χ0v) is 17.9. The van der Waals surface area contributed by atoms with Crippen molar-refractivity contribution in [2.45, 2.75) is 0 Å². The van der Waals surface area contributed by atoms with E-state index in [2.05, 4.69) is 5.32 Å². The topological polar surface area (TPSA) is 124 Å². The van der Waals surface area contributed by atoms with E-state index < -0.39 is 23.6 Å². The lowest BCUT2D eigenvalue weighted by molar-refractivity contribution is -0.127. The predicted octanol–water partition coefficient (Wildman–Crippen LogP) is 2.81. The minimum Gasteiger partial charge on any atom is -0.502 e. The number of phenolic OH excluding ortho intramolecular Hbond substituents is 1. The van der Waals surface area contributed by atoms with Crippen molar-refractivity contribution in [3.05, 3.63) is 40.8 Å². The standard InChI is InChI=1S/C21H18N2O8S/c1-28-15-5-11(6-16(29-2)19(15)25)7-17-20(26)23(21(27)32-17)9-18(24)22-12-3-4-13-14(8-12)31-10-30-13/h3-8,25H,9-10H2,1-2H3,(H,22,24). The number of anilines is 1. The van der Waals surface area contributed by atoms with Crippen LogP contribution in [0.3, 0.4) is 0 Å². The fraction of sp³-hybridized carbons (Fsp3) is 0.190. The van der Waals surface area contributed by atoms with Crippen molar-refractivity contribution in [1.82, 2.24) is 4.90 Å². The van der Waals surface area contributed by atoms with Crippen LogP contribution in [-0.4, -0.2) is 54.6 Å². The molecule has 0 bridgehead atoms. The van der Waals surface area contributed by atoms with Crippen LogP contribution in [0, 0.1) is 0 Å². The Morgan fingerprint density at radius 2 is 1.84 bits per heavy atom. The second-order valence-corrected chi connectivity index (χ2v) is 7.65. The van der Waals surface area contributed by atoms with Gasteiger partial charge >= 0.3 is 0 Å². The number of benzene rings is 2. The van der Waals surface area contributed by atoms with Crippen LogP contribution in [0.2, 0.25) is 0 Å².